The molecule has 0 bridgehead atoms. The third kappa shape index (κ3) is 11.6. The number of aliphatic carboxylic acids is 1. The van der Waals surface area contributed by atoms with Gasteiger partial charge in [-0.1, -0.05) is 60.7 Å². The number of amides is 3. The topological polar surface area (TPSA) is 235 Å². The van der Waals surface area contributed by atoms with Crippen molar-refractivity contribution in [3.05, 3.63) is 71.8 Å². The summed E-state index contributed by atoms with van der Waals surface area (Å²) in [6.45, 7) is 1.54. The molecular weight excluding hydrogens is 530 g/mol. The molecule has 0 aliphatic heterocycles. The average molecular weight is 570 g/mol. The lowest BCUT2D eigenvalue weighted by Crippen LogP contribution is -2.59. The number of carboxylic acid groups (broad SMARTS) is 1. The van der Waals surface area contributed by atoms with Crippen molar-refractivity contribution in [2.45, 2.75) is 62.9 Å². The van der Waals surface area contributed by atoms with Crippen molar-refractivity contribution in [3.8, 4) is 0 Å². The molecular formula is C28H39N7O6. The molecule has 2 rings (SSSR count). The minimum atomic E-state index is -1.28. The summed E-state index contributed by atoms with van der Waals surface area (Å²) < 4.78 is 0. The summed E-state index contributed by atoms with van der Waals surface area (Å²) in [6.07, 6.45) is -0.690. The Kier molecular flexibility index (Phi) is 13.2. The van der Waals surface area contributed by atoms with Gasteiger partial charge in [0.05, 0.1) is 6.10 Å². The number of hydrogen-bond acceptors (Lipinski definition) is 7. The van der Waals surface area contributed by atoms with Crippen molar-refractivity contribution in [1.29, 1.82) is 0 Å². The average Bonchev–Trinajstić information content (AvgIpc) is 2.94. The van der Waals surface area contributed by atoms with Crippen LogP contribution in [-0.4, -0.2) is 76.7 Å². The van der Waals surface area contributed by atoms with Gasteiger partial charge >= 0.3 is 5.97 Å². The van der Waals surface area contributed by atoms with Crippen LogP contribution in [0, 0.1) is 0 Å². The van der Waals surface area contributed by atoms with Crippen LogP contribution in [0.4, 0.5) is 0 Å². The van der Waals surface area contributed by atoms with Gasteiger partial charge in [0, 0.05) is 19.4 Å². The molecule has 0 aliphatic rings. The van der Waals surface area contributed by atoms with Crippen LogP contribution in [0.1, 0.15) is 30.9 Å². The molecule has 0 saturated carbocycles. The summed E-state index contributed by atoms with van der Waals surface area (Å²) in [7, 11) is 0. The second-order valence-electron chi connectivity index (χ2n) is 9.62. The first-order valence-electron chi connectivity index (χ1n) is 13.2. The lowest BCUT2D eigenvalue weighted by Gasteiger charge is -2.26. The normalized spacial score (nSPS) is 14.4. The molecule has 0 heterocycles. The fraction of sp³-hybridized carbons (Fsp3) is 0.393. The maximum atomic E-state index is 13.5. The smallest absolute Gasteiger partial charge is 0.326 e. The van der Waals surface area contributed by atoms with Crippen LogP contribution in [-0.2, 0) is 32.0 Å². The van der Waals surface area contributed by atoms with Gasteiger partial charge in [0.15, 0.2) is 5.96 Å². The number of nitrogens with one attached hydrogen (secondary N) is 3. The lowest BCUT2D eigenvalue weighted by molar-refractivity contribution is -0.142. The fourth-order valence-corrected chi connectivity index (χ4v) is 3.91. The van der Waals surface area contributed by atoms with E-state index in [0.29, 0.717) is 12.0 Å². The van der Waals surface area contributed by atoms with Crippen molar-refractivity contribution in [3.63, 3.8) is 0 Å². The first kappa shape index (κ1) is 32.7. The zero-order valence-electron chi connectivity index (χ0n) is 22.9. The van der Waals surface area contributed by atoms with E-state index in [1.807, 2.05) is 0 Å². The molecule has 222 valence electrons. The Morgan fingerprint density at radius 1 is 0.780 bits per heavy atom. The molecule has 0 radical (unpaired) electrons. The number of guanidine groups is 1. The highest BCUT2D eigenvalue weighted by atomic mass is 16.4. The van der Waals surface area contributed by atoms with Crippen LogP contribution in [0.15, 0.2) is 65.7 Å². The zero-order valence-corrected chi connectivity index (χ0v) is 22.9. The molecule has 2 aromatic carbocycles. The van der Waals surface area contributed by atoms with Gasteiger partial charge in [-0.15, -0.1) is 0 Å². The molecule has 5 unspecified atom stereocenters. The zero-order chi connectivity index (χ0) is 30.4. The highest BCUT2D eigenvalue weighted by molar-refractivity contribution is 5.94. The van der Waals surface area contributed by atoms with Gasteiger partial charge in [-0.3, -0.25) is 19.4 Å². The SMILES string of the molecule is CC(O)C(N)C(=O)NC(Cc1ccccc1)C(=O)NC(Cc1ccccc1)C(=O)NC(CCCN=C(N)N)C(=O)O. The summed E-state index contributed by atoms with van der Waals surface area (Å²) in [5.41, 5.74) is 17.8. The number of carbonyl (C=O) groups excluding carboxylic acids is 3. The molecule has 2 aromatic rings. The second kappa shape index (κ2) is 16.6. The molecule has 0 aliphatic carbocycles. The van der Waals surface area contributed by atoms with Crippen LogP contribution in [0.5, 0.6) is 0 Å². The predicted octanol–water partition coefficient (Wildman–Crippen LogP) is -1.23. The van der Waals surface area contributed by atoms with E-state index in [9.17, 15) is 29.4 Å². The van der Waals surface area contributed by atoms with Gasteiger partial charge < -0.3 is 43.4 Å². The standard InChI is InChI=1S/C28H39N7O6/c1-17(36)23(29)26(39)35-22(16-19-11-6-3-7-12-19)25(38)34-21(15-18-9-4-2-5-10-18)24(37)33-20(27(40)41)13-8-14-32-28(30)31/h2-7,9-12,17,20-23,36H,8,13-16,29H2,1H3,(H,33,37)(H,34,38)(H,35,39)(H,40,41)(H4,30,31,32). The van der Waals surface area contributed by atoms with E-state index in [1.165, 1.54) is 6.92 Å². The number of aliphatic imine (C=N–C) groups is 1. The first-order chi connectivity index (χ1) is 19.5. The maximum Gasteiger partial charge on any atom is 0.326 e. The molecule has 11 N–H and O–H groups in total. The number of hydrogen-bond donors (Lipinski definition) is 8. The third-order valence-electron chi connectivity index (χ3n) is 6.21. The minimum Gasteiger partial charge on any atom is -0.480 e. The number of rotatable bonds is 16. The van der Waals surface area contributed by atoms with Crippen LogP contribution in [0.2, 0.25) is 0 Å². The Morgan fingerprint density at radius 3 is 1.63 bits per heavy atom. The predicted molar refractivity (Wildman–Crippen MR) is 153 cm³/mol. The number of aliphatic hydroxyl groups is 1. The number of benzene rings is 2. The molecule has 0 aromatic heterocycles. The van der Waals surface area contributed by atoms with Gasteiger partial charge in [-0.2, -0.15) is 0 Å². The molecule has 0 saturated heterocycles. The number of aliphatic hydroxyl groups excluding tert-OH is 1. The van der Waals surface area contributed by atoms with Crippen molar-refractivity contribution in [2.75, 3.05) is 6.54 Å². The van der Waals surface area contributed by atoms with Gasteiger partial charge in [0.25, 0.3) is 0 Å². The number of nitrogens with zero attached hydrogens (tertiary/aromatic N) is 1. The molecule has 0 fully saturated rings. The molecule has 13 heteroatoms. The van der Waals surface area contributed by atoms with E-state index >= 15 is 0 Å². The molecule has 0 spiro atoms. The largest absolute Gasteiger partial charge is 0.480 e. The lowest BCUT2D eigenvalue weighted by atomic mass is 10.0. The van der Waals surface area contributed by atoms with E-state index in [0.717, 1.165) is 5.56 Å². The van der Waals surface area contributed by atoms with Gasteiger partial charge in [0.2, 0.25) is 17.7 Å². The molecule has 5 atom stereocenters. The van der Waals surface area contributed by atoms with E-state index in [-0.39, 0.29) is 31.8 Å². The van der Waals surface area contributed by atoms with E-state index < -0.39 is 54.0 Å². The summed E-state index contributed by atoms with van der Waals surface area (Å²) in [4.78, 5) is 55.2. The Morgan fingerprint density at radius 2 is 1.22 bits per heavy atom. The Hall–Kier alpha value is -4.49. The van der Waals surface area contributed by atoms with Gasteiger partial charge in [0.1, 0.15) is 24.2 Å². The molecule has 3 amide bonds. The highest BCUT2D eigenvalue weighted by Gasteiger charge is 2.31. The second-order valence-corrected chi connectivity index (χ2v) is 9.62. The molecule has 41 heavy (non-hydrogen) atoms. The monoisotopic (exact) mass is 569 g/mol. The number of nitrogens with two attached hydrogens (primary N) is 3. The van der Waals surface area contributed by atoms with Gasteiger partial charge in [-0.05, 0) is 30.9 Å². The van der Waals surface area contributed by atoms with Crippen LogP contribution in [0.3, 0.4) is 0 Å². The third-order valence-corrected chi connectivity index (χ3v) is 6.21. The van der Waals surface area contributed by atoms with E-state index in [2.05, 4.69) is 20.9 Å². The maximum absolute atomic E-state index is 13.5. The van der Waals surface area contributed by atoms with Gasteiger partial charge in [-0.25, -0.2) is 4.79 Å². The Bertz CT molecular complexity index is 1170. The summed E-state index contributed by atoms with van der Waals surface area (Å²) in [5.74, 6) is -3.53. The quantitative estimate of drug-likeness (QED) is 0.0685. The number of carboxylic acids is 1. The van der Waals surface area contributed by atoms with Crippen LogP contribution >= 0.6 is 0 Å². The van der Waals surface area contributed by atoms with Crippen LogP contribution in [0.25, 0.3) is 0 Å². The minimum absolute atomic E-state index is 0.0494. The first-order valence-corrected chi connectivity index (χ1v) is 13.2. The number of carbonyl (C=O) groups is 4. The Labute approximate surface area is 238 Å². The van der Waals surface area contributed by atoms with Crippen LogP contribution < -0.4 is 33.2 Å². The summed E-state index contributed by atoms with van der Waals surface area (Å²) >= 11 is 0. The van der Waals surface area contributed by atoms with E-state index in [1.54, 1.807) is 60.7 Å². The summed E-state index contributed by atoms with van der Waals surface area (Å²) in [5, 5.41) is 27.1. The Balaban J connectivity index is 2.27. The fourth-order valence-electron chi connectivity index (χ4n) is 3.91. The van der Waals surface area contributed by atoms with Crippen molar-refractivity contribution in [2.24, 2.45) is 22.2 Å². The summed E-state index contributed by atoms with van der Waals surface area (Å²) in [6, 6.07) is 12.9. The van der Waals surface area contributed by atoms with Crippen molar-refractivity contribution in [1.82, 2.24) is 16.0 Å². The van der Waals surface area contributed by atoms with Crippen molar-refractivity contribution < 1.29 is 29.4 Å². The van der Waals surface area contributed by atoms with E-state index in [4.69, 9.17) is 17.2 Å². The highest BCUT2D eigenvalue weighted by Crippen LogP contribution is 2.09. The molecule has 13 nitrogen and oxygen atoms in total. The van der Waals surface area contributed by atoms with Crippen molar-refractivity contribution >= 4 is 29.7 Å².